The number of hydrogen-bond acceptors (Lipinski definition) is 3. The van der Waals surface area contributed by atoms with Gasteiger partial charge in [-0.15, -0.1) is 0 Å². The average Bonchev–Trinajstić information content (AvgIpc) is 2.95. The van der Waals surface area contributed by atoms with Crippen molar-refractivity contribution in [3.63, 3.8) is 0 Å². The van der Waals surface area contributed by atoms with Crippen LogP contribution in [-0.4, -0.2) is 20.7 Å². The third kappa shape index (κ3) is 2.55. The van der Waals surface area contributed by atoms with Crippen molar-refractivity contribution in [1.29, 1.82) is 0 Å². The Morgan fingerprint density at radius 1 is 1.25 bits per heavy atom. The molecule has 20 heavy (non-hydrogen) atoms. The predicted molar refractivity (Wildman–Crippen MR) is 80.3 cm³/mol. The standard InChI is InChI=1S/C14H11BrN4O/c15-11-4-5-12(14-10(11)3-1-6-16-14)18-13(20)9-19-8-2-7-17-19/h1-8H,9H2,(H,18,20). The van der Waals surface area contributed by atoms with E-state index in [0.29, 0.717) is 5.69 Å². The van der Waals surface area contributed by atoms with E-state index in [-0.39, 0.29) is 12.5 Å². The van der Waals surface area contributed by atoms with Crippen LogP contribution in [0.3, 0.4) is 0 Å². The summed E-state index contributed by atoms with van der Waals surface area (Å²) in [6.07, 6.45) is 5.10. The third-order valence-corrected chi connectivity index (χ3v) is 3.55. The SMILES string of the molecule is O=C(Cn1cccn1)Nc1ccc(Br)c2cccnc12. The molecule has 0 spiro atoms. The molecule has 3 rings (SSSR count). The number of nitrogens with one attached hydrogen (secondary N) is 1. The Balaban J connectivity index is 1.87. The number of carbonyl (C=O) groups excluding carboxylic acids is 1. The van der Waals surface area contributed by atoms with Crippen molar-refractivity contribution >= 4 is 38.4 Å². The summed E-state index contributed by atoms with van der Waals surface area (Å²) in [7, 11) is 0. The fraction of sp³-hybridized carbons (Fsp3) is 0.0714. The molecule has 5 nitrogen and oxygen atoms in total. The van der Waals surface area contributed by atoms with Gasteiger partial charge < -0.3 is 5.32 Å². The van der Waals surface area contributed by atoms with E-state index in [0.717, 1.165) is 15.4 Å². The number of benzene rings is 1. The average molecular weight is 331 g/mol. The van der Waals surface area contributed by atoms with Gasteiger partial charge >= 0.3 is 0 Å². The van der Waals surface area contributed by atoms with Crippen LogP contribution in [0.15, 0.2) is 53.4 Å². The van der Waals surface area contributed by atoms with Gasteiger partial charge in [-0.25, -0.2) is 0 Å². The van der Waals surface area contributed by atoms with Gasteiger partial charge in [0.1, 0.15) is 6.54 Å². The van der Waals surface area contributed by atoms with Gasteiger partial charge in [0.15, 0.2) is 0 Å². The second-order valence-electron chi connectivity index (χ2n) is 4.25. The molecule has 0 fully saturated rings. The Labute approximate surface area is 123 Å². The number of aromatic nitrogens is 3. The minimum atomic E-state index is -0.136. The number of hydrogen-bond donors (Lipinski definition) is 1. The number of pyridine rings is 1. The number of carbonyl (C=O) groups is 1. The third-order valence-electron chi connectivity index (χ3n) is 2.86. The van der Waals surface area contributed by atoms with Crippen LogP contribution >= 0.6 is 15.9 Å². The van der Waals surface area contributed by atoms with Gasteiger partial charge in [-0.2, -0.15) is 5.10 Å². The zero-order valence-corrected chi connectivity index (χ0v) is 12.0. The highest BCUT2D eigenvalue weighted by atomic mass is 79.9. The van der Waals surface area contributed by atoms with Crippen molar-refractivity contribution in [3.8, 4) is 0 Å². The lowest BCUT2D eigenvalue weighted by Crippen LogP contribution is -2.19. The Kier molecular flexibility index (Phi) is 3.47. The minimum absolute atomic E-state index is 0.136. The highest BCUT2D eigenvalue weighted by Gasteiger charge is 2.09. The lowest BCUT2D eigenvalue weighted by molar-refractivity contribution is -0.116. The van der Waals surface area contributed by atoms with E-state index in [9.17, 15) is 4.79 Å². The largest absolute Gasteiger partial charge is 0.323 e. The van der Waals surface area contributed by atoms with E-state index in [4.69, 9.17) is 0 Å². The van der Waals surface area contributed by atoms with Crippen LogP contribution in [0.25, 0.3) is 10.9 Å². The smallest absolute Gasteiger partial charge is 0.246 e. The summed E-state index contributed by atoms with van der Waals surface area (Å²) < 4.78 is 2.52. The Morgan fingerprint density at radius 3 is 2.95 bits per heavy atom. The van der Waals surface area contributed by atoms with Crippen molar-refractivity contribution in [3.05, 3.63) is 53.4 Å². The molecule has 0 radical (unpaired) electrons. The number of nitrogens with zero attached hydrogens (tertiary/aromatic N) is 3. The van der Waals surface area contributed by atoms with Crippen LogP contribution in [0.4, 0.5) is 5.69 Å². The van der Waals surface area contributed by atoms with Gasteiger partial charge in [0.25, 0.3) is 0 Å². The fourth-order valence-corrected chi connectivity index (χ4v) is 2.42. The molecule has 0 bridgehead atoms. The summed E-state index contributed by atoms with van der Waals surface area (Å²) in [5.41, 5.74) is 1.46. The number of halogens is 1. The van der Waals surface area contributed by atoms with Crippen LogP contribution in [0.5, 0.6) is 0 Å². The maximum Gasteiger partial charge on any atom is 0.246 e. The second-order valence-corrected chi connectivity index (χ2v) is 5.10. The van der Waals surface area contributed by atoms with Gasteiger partial charge in [0.05, 0.1) is 11.2 Å². The Hall–Kier alpha value is -2.21. The van der Waals surface area contributed by atoms with Crippen molar-refractivity contribution in [2.75, 3.05) is 5.32 Å². The molecule has 100 valence electrons. The lowest BCUT2D eigenvalue weighted by Gasteiger charge is -2.09. The molecule has 1 N–H and O–H groups in total. The predicted octanol–water partition coefficient (Wildman–Crippen LogP) is 2.83. The molecule has 0 aliphatic carbocycles. The molecule has 0 saturated carbocycles. The molecule has 1 amide bonds. The molecular weight excluding hydrogens is 320 g/mol. The first-order valence-corrected chi connectivity index (χ1v) is 6.84. The van der Waals surface area contributed by atoms with E-state index in [1.54, 1.807) is 29.3 Å². The highest BCUT2D eigenvalue weighted by Crippen LogP contribution is 2.28. The molecule has 1 aromatic carbocycles. The zero-order chi connectivity index (χ0) is 13.9. The van der Waals surface area contributed by atoms with E-state index >= 15 is 0 Å². The molecule has 0 aliphatic rings. The Morgan fingerprint density at radius 2 is 2.15 bits per heavy atom. The first kappa shape index (κ1) is 12.8. The summed E-state index contributed by atoms with van der Waals surface area (Å²) in [5, 5.41) is 7.84. The zero-order valence-electron chi connectivity index (χ0n) is 10.5. The van der Waals surface area contributed by atoms with Crippen molar-refractivity contribution in [2.24, 2.45) is 0 Å². The fourth-order valence-electron chi connectivity index (χ4n) is 1.97. The van der Waals surface area contributed by atoms with E-state index in [2.05, 4.69) is 31.3 Å². The monoisotopic (exact) mass is 330 g/mol. The van der Waals surface area contributed by atoms with Crippen LogP contribution in [-0.2, 0) is 11.3 Å². The van der Waals surface area contributed by atoms with Crippen molar-refractivity contribution < 1.29 is 4.79 Å². The van der Waals surface area contributed by atoms with Crippen LogP contribution in [0.1, 0.15) is 0 Å². The van der Waals surface area contributed by atoms with Crippen LogP contribution in [0, 0.1) is 0 Å². The maximum absolute atomic E-state index is 12.0. The molecule has 2 heterocycles. The molecule has 0 atom stereocenters. The summed E-state index contributed by atoms with van der Waals surface area (Å²) in [6.45, 7) is 0.178. The number of fused-ring (bicyclic) bond motifs is 1. The van der Waals surface area contributed by atoms with Gasteiger partial charge in [0.2, 0.25) is 5.91 Å². The Bertz CT molecular complexity index is 755. The van der Waals surface area contributed by atoms with Crippen LogP contribution in [0.2, 0.25) is 0 Å². The van der Waals surface area contributed by atoms with E-state index in [1.165, 1.54) is 0 Å². The summed E-state index contributed by atoms with van der Waals surface area (Å²) >= 11 is 3.48. The summed E-state index contributed by atoms with van der Waals surface area (Å²) in [4.78, 5) is 16.3. The molecule has 3 aromatic rings. The molecule has 0 unspecified atom stereocenters. The number of anilines is 1. The first-order valence-electron chi connectivity index (χ1n) is 6.04. The number of rotatable bonds is 3. The lowest BCUT2D eigenvalue weighted by atomic mass is 10.2. The minimum Gasteiger partial charge on any atom is -0.323 e. The molecule has 0 aliphatic heterocycles. The van der Waals surface area contributed by atoms with Crippen LogP contribution < -0.4 is 5.32 Å². The quantitative estimate of drug-likeness (QED) is 0.803. The van der Waals surface area contributed by atoms with Gasteiger partial charge in [0, 0.05) is 28.4 Å². The van der Waals surface area contributed by atoms with E-state index in [1.807, 2.05) is 24.3 Å². The molecule has 2 aromatic heterocycles. The molecule has 6 heteroatoms. The maximum atomic E-state index is 12.0. The second kappa shape index (κ2) is 5.42. The van der Waals surface area contributed by atoms with Gasteiger partial charge in [-0.3, -0.25) is 14.5 Å². The van der Waals surface area contributed by atoms with Crippen molar-refractivity contribution in [2.45, 2.75) is 6.54 Å². The van der Waals surface area contributed by atoms with Gasteiger partial charge in [-0.1, -0.05) is 22.0 Å². The normalized spacial score (nSPS) is 10.7. The highest BCUT2D eigenvalue weighted by molar-refractivity contribution is 9.10. The topological polar surface area (TPSA) is 59.8 Å². The van der Waals surface area contributed by atoms with E-state index < -0.39 is 0 Å². The summed E-state index contributed by atoms with van der Waals surface area (Å²) in [5.74, 6) is -0.136. The van der Waals surface area contributed by atoms with Gasteiger partial charge in [-0.05, 0) is 24.3 Å². The summed E-state index contributed by atoms with van der Waals surface area (Å²) in [6, 6.07) is 9.33. The number of amides is 1. The first-order chi connectivity index (χ1) is 9.74. The van der Waals surface area contributed by atoms with Crippen molar-refractivity contribution in [1.82, 2.24) is 14.8 Å². The molecule has 0 saturated heterocycles. The molecular formula is C14H11BrN4O.